The lowest BCUT2D eigenvalue weighted by Gasteiger charge is -2.22. The Morgan fingerprint density at radius 2 is 1.69 bits per heavy atom. The summed E-state index contributed by atoms with van der Waals surface area (Å²) >= 11 is 0. The molecule has 1 amide bonds. The van der Waals surface area contributed by atoms with E-state index in [1.165, 1.54) is 7.11 Å². The van der Waals surface area contributed by atoms with Gasteiger partial charge in [-0.1, -0.05) is 68.8 Å². The summed E-state index contributed by atoms with van der Waals surface area (Å²) in [7, 11) is 1.32. The van der Waals surface area contributed by atoms with Crippen molar-refractivity contribution in [2.45, 2.75) is 26.3 Å². The van der Waals surface area contributed by atoms with Crippen LogP contribution in [0.1, 0.15) is 20.3 Å². The SMILES string of the molecule is CC[C@@H](C)[C@@H](NC(=O)COc1ccccc1-c1ccccc1)C(=O)OC. The first kappa shape index (κ1) is 19.5. The Labute approximate surface area is 154 Å². The molecule has 0 saturated heterocycles. The second-order valence-electron chi connectivity index (χ2n) is 6.10. The summed E-state index contributed by atoms with van der Waals surface area (Å²) in [6.07, 6.45) is 0.748. The third-order valence-corrected chi connectivity index (χ3v) is 4.32. The number of esters is 1. The summed E-state index contributed by atoms with van der Waals surface area (Å²) < 4.78 is 10.5. The standard InChI is InChI=1S/C21H25NO4/c1-4-15(2)20(21(24)25-3)22-19(23)14-26-18-13-9-8-12-17(18)16-10-6-5-7-11-16/h5-13,15,20H,4,14H2,1-3H3,(H,22,23)/t15-,20-/m1/s1. The number of nitrogens with one attached hydrogen (secondary N) is 1. The van der Waals surface area contributed by atoms with Crippen LogP contribution in [0.25, 0.3) is 11.1 Å². The third kappa shape index (κ3) is 5.09. The van der Waals surface area contributed by atoms with Gasteiger partial charge < -0.3 is 14.8 Å². The summed E-state index contributed by atoms with van der Waals surface area (Å²) in [6.45, 7) is 3.68. The summed E-state index contributed by atoms with van der Waals surface area (Å²) in [5.41, 5.74) is 1.92. The van der Waals surface area contributed by atoms with Crippen LogP contribution in [0.4, 0.5) is 0 Å². The van der Waals surface area contributed by atoms with Crippen molar-refractivity contribution in [2.75, 3.05) is 13.7 Å². The quantitative estimate of drug-likeness (QED) is 0.737. The Bertz CT molecular complexity index is 730. The fourth-order valence-electron chi connectivity index (χ4n) is 2.60. The zero-order chi connectivity index (χ0) is 18.9. The lowest BCUT2D eigenvalue weighted by Crippen LogP contribution is -2.47. The Hall–Kier alpha value is -2.82. The Balaban J connectivity index is 2.05. The lowest BCUT2D eigenvalue weighted by molar-refractivity contribution is -0.146. The molecule has 0 radical (unpaired) electrons. The summed E-state index contributed by atoms with van der Waals surface area (Å²) in [5.74, 6) is -0.212. The molecular weight excluding hydrogens is 330 g/mol. The number of para-hydroxylation sites is 1. The van der Waals surface area contributed by atoms with Crippen molar-refractivity contribution in [3.8, 4) is 16.9 Å². The molecular formula is C21H25NO4. The maximum absolute atomic E-state index is 12.3. The van der Waals surface area contributed by atoms with E-state index in [0.717, 1.165) is 17.5 Å². The van der Waals surface area contributed by atoms with Gasteiger partial charge in [0.15, 0.2) is 6.61 Å². The Morgan fingerprint density at radius 3 is 2.35 bits per heavy atom. The predicted molar refractivity (Wildman–Crippen MR) is 101 cm³/mol. The molecule has 0 aliphatic rings. The molecule has 26 heavy (non-hydrogen) atoms. The van der Waals surface area contributed by atoms with Gasteiger partial charge in [0.1, 0.15) is 11.8 Å². The van der Waals surface area contributed by atoms with Crippen LogP contribution in [0.3, 0.4) is 0 Å². The molecule has 2 atom stereocenters. The molecule has 2 aromatic rings. The van der Waals surface area contributed by atoms with Crippen LogP contribution in [-0.4, -0.2) is 31.6 Å². The average molecular weight is 355 g/mol. The van der Waals surface area contributed by atoms with Crippen LogP contribution >= 0.6 is 0 Å². The van der Waals surface area contributed by atoms with Gasteiger partial charge in [0.2, 0.25) is 0 Å². The lowest BCUT2D eigenvalue weighted by atomic mass is 9.99. The molecule has 0 aliphatic carbocycles. The molecule has 0 spiro atoms. The number of ether oxygens (including phenoxy) is 2. The van der Waals surface area contributed by atoms with Crippen molar-refractivity contribution < 1.29 is 19.1 Å². The van der Waals surface area contributed by atoms with Crippen LogP contribution in [0.15, 0.2) is 54.6 Å². The normalized spacial score (nSPS) is 12.7. The molecule has 2 rings (SSSR count). The first-order valence-electron chi connectivity index (χ1n) is 8.71. The van der Waals surface area contributed by atoms with Crippen LogP contribution in [-0.2, 0) is 14.3 Å². The van der Waals surface area contributed by atoms with E-state index < -0.39 is 12.0 Å². The molecule has 5 nitrogen and oxygen atoms in total. The van der Waals surface area contributed by atoms with Crippen molar-refractivity contribution in [3.63, 3.8) is 0 Å². The number of methoxy groups -OCH3 is 1. The molecule has 0 heterocycles. The number of carbonyl (C=O) groups excluding carboxylic acids is 2. The van der Waals surface area contributed by atoms with Gasteiger partial charge in [-0.05, 0) is 17.5 Å². The van der Waals surface area contributed by atoms with Crippen molar-refractivity contribution >= 4 is 11.9 Å². The summed E-state index contributed by atoms with van der Waals surface area (Å²) in [4.78, 5) is 24.2. The van der Waals surface area contributed by atoms with Crippen molar-refractivity contribution in [2.24, 2.45) is 5.92 Å². The van der Waals surface area contributed by atoms with Gasteiger partial charge in [-0.3, -0.25) is 4.79 Å². The van der Waals surface area contributed by atoms with Gasteiger partial charge in [0.25, 0.3) is 5.91 Å². The second kappa shape index (κ2) is 9.61. The number of benzene rings is 2. The number of hydrogen-bond donors (Lipinski definition) is 1. The monoisotopic (exact) mass is 355 g/mol. The highest BCUT2D eigenvalue weighted by atomic mass is 16.5. The van der Waals surface area contributed by atoms with Crippen LogP contribution in [0, 0.1) is 5.92 Å². The van der Waals surface area contributed by atoms with Gasteiger partial charge in [0, 0.05) is 5.56 Å². The summed E-state index contributed by atoms with van der Waals surface area (Å²) in [6, 6.07) is 16.7. The highest BCUT2D eigenvalue weighted by Gasteiger charge is 2.26. The minimum atomic E-state index is -0.675. The van der Waals surface area contributed by atoms with Crippen molar-refractivity contribution in [3.05, 3.63) is 54.6 Å². The van der Waals surface area contributed by atoms with Gasteiger partial charge in [-0.25, -0.2) is 4.79 Å². The topological polar surface area (TPSA) is 64.6 Å². The first-order chi connectivity index (χ1) is 12.6. The fraction of sp³-hybridized carbons (Fsp3) is 0.333. The van der Waals surface area contributed by atoms with Crippen LogP contribution in [0.2, 0.25) is 0 Å². The minimum Gasteiger partial charge on any atom is -0.483 e. The van der Waals surface area contributed by atoms with E-state index in [2.05, 4.69) is 5.32 Å². The number of amides is 1. The maximum atomic E-state index is 12.3. The van der Waals surface area contributed by atoms with E-state index >= 15 is 0 Å². The van der Waals surface area contributed by atoms with E-state index in [9.17, 15) is 9.59 Å². The molecule has 0 saturated carbocycles. The van der Waals surface area contributed by atoms with Crippen LogP contribution < -0.4 is 10.1 Å². The van der Waals surface area contributed by atoms with Gasteiger partial charge in [-0.2, -0.15) is 0 Å². The van der Waals surface area contributed by atoms with Gasteiger partial charge in [0.05, 0.1) is 7.11 Å². The van der Waals surface area contributed by atoms with E-state index in [4.69, 9.17) is 9.47 Å². The first-order valence-corrected chi connectivity index (χ1v) is 8.71. The highest BCUT2D eigenvalue weighted by Crippen LogP contribution is 2.29. The zero-order valence-corrected chi connectivity index (χ0v) is 15.4. The molecule has 0 unspecified atom stereocenters. The fourth-order valence-corrected chi connectivity index (χ4v) is 2.60. The largest absolute Gasteiger partial charge is 0.483 e. The predicted octanol–water partition coefficient (Wildman–Crippen LogP) is 3.44. The number of rotatable bonds is 8. The molecule has 5 heteroatoms. The number of hydrogen-bond acceptors (Lipinski definition) is 4. The second-order valence-corrected chi connectivity index (χ2v) is 6.10. The maximum Gasteiger partial charge on any atom is 0.328 e. The minimum absolute atomic E-state index is 0.0250. The molecule has 0 aromatic heterocycles. The Kier molecular flexibility index (Phi) is 7.21. The zero-order valence-electron chi connectivity index (χ0n) is 15.4. The van der Waals surface area contributed by atoms with E-state index in [1.54, 1.807) is 0 Å². The Morgan fingerprint density at radius 1 is 1.04 bits per heavy atom. The molecule has 1 N–H and O–H groups in total. The average Bonchev–Trinajstić information content (AvgIpc) is 2.70. The van der Waals surface area contributed by atoms with E-state index in [0.29, 0.717) is 5.75 Å². The summed E-state index contributed by atoms with van der Waals surface area (Å²) in [5, 5.41) is 2.71. The molecule has 2 aromatic carbocycles. The smallest absolute Gasteiger partial charge is 0.328 e. The van der Waals surface area contributed by atoms with Gasteiger partial charge >= 0.3 is 5.97 Å². The van der Waals surface area contributed by atoms with Crippen molar-refractivity contribution in [1.29, 1.82) is 0 Å². The molecule has 0 bridgehead atoms. The molecule has 0 fully saturated rings. The third-order valence-electron chi connectivity index (χ3n) is 4.32. The number of carbonyl (C=O) groups is 2. The molecule has 138 valence electrons. The highest BCUT2D eigenvalue weighted by molar-refractivity contribution is 5.85. The van der Waals surface area contributed by atoms with Crippen molar-refractivity contribution in [1.82, 2.24) is 5.32 Å². The van der Waals surface area contributed by atoms with E-state index in [1.807, 2.05) is 68.4 Å². The molecule has 0 aliphatic heterocycles. The van der Waals surface area contributed by atoms with Gasteiger partial charge in [-0.15, -0.1) is 0 Å². The van der Waals surface area contributed by atoms with Crippen LogP contribution in [0.5, 0.6) is 5.75 Å². The van der Waals surface area contributed by atoms with E-state index in [-0.39, 0.29) is 18.4 Å².